The van der Waals surface area contributed by atoms with Crippen LogP contribution >= 0.6 is 35.0 Å². The van der Waals surface area contributed by atoms with Crippen LogP contribution in [-0.4, -0.2) is 46.8 Å². The Morgan fingerprint density at radius 2 is 1.87 bits per heavy atom. The van der Waals surface area contributed by atoms with Gasteiger partial charge >= 0.3 is 5.97 Å². The third-order valence-corrected chi connectivity index (χ3v) is 6.70. The number of amides is 1. The van der Waals surface area contributed by atoms with E-state index in [-0.39, 0.29) is 29.0 Å². The summed E-state index contributed by atoms with van der Waals surface area (Å²) in [6.07, 6.45) is 1.76. The molecular weight excluding hydrogens is 445 g/mol. The molecule has 0 atom stereocenters. The summed E-state index contributed by atoms with van der Waals surface area (Å²) < 4.78 is 0. The molecule has 9 heteroatoms. The van der Waals surface area contributed by atoms with Crippen LogP contribution in [-0.2, 0) is 11.3 Å². The third-order valence-electron chi connectivity index (χ3n) is 4.97. The number of carbonyl (C=O) groups excluding carboxylic acids is 1. The second-order valence-corrected chi connectivity index (χ2v) is 9.07. The molecule has 1 heterocycles. The largest absolute Gasteiger partial charge is 0.478 e. The molecule has 2 aromatic carbocycles. The number of thioether (sulfide) groups is 1. The molecule has 160 valence electrons. The van der Waals surface area contributed by atoms with E-state index in [2.05, 4.69) is 10.2 Å². The van der Waals surface area contributed by atoms with Gasteiger partial charge in [-0.2, -0.15) is 0 Å². The van der Waals surface area contributed by atoms with Crippen LogP contribution in [0, 0.1) is 0 Å². The quantitative estimate of drug-likeness (QED) is 0.418. The van der Waals surface area contributed by atoms with Crippen LogP contribution in [0.2, 0.25) is 10.0 Å². The summed E-state index contributed by atoms with van der Waals surface area (Å²) in [6, 6.07) is 10.6. The van der Waals surface area contributed by atoms with E-state index in [1.807, 2.05) is 18.2 Å². The summed E-state index contributed by atoms with van der Waals surface area (Å²) in [5.74, 6) is -0.907. The number of aromatic carboxylic acids is 1. The molecule has 1 fully saturated rings. The van der Waals surface area contributed by atoms with E-state index in [1.54, 1.807) is 12.1 Å². The van der Waals surface area contributed by atoms with Crippen LogP contribution in [0.4, 0.5) is 5.69 Å². The highest BCUT2D eigenvalue weighted by Gasteiger charge is 2.21. The van der Waals surface area contributed by atoms with Gasteiger partial charge in [0.1, 0.15) is 0 Å². The molecule has 1 aliphatic rings. The van der Waals surface area contributed by atoms with Gasteiger partial charge in [0.2, 0.25) is 5.91 Å². The fraction of sp³-hybridized carbons (Fsp3) is 0.333. The van der Waals surface area contributed by atoms with Crippen LogP contribution in [0.3, 0.4) is 0 Å². The number of nitrogens with zero attached hydrogens (tertiary/aromatic N) is 1. The summed E-state index contributed by atoms with van der Waals surface area (Å²) >= 11 is 13.3. The first-order valence-electron chi connectivity index (χ1n) is 9.53. The van der Waals surface area contributed by atoms with Gasteiger partial charge in [0.15, 0.2) is 0 Å². The lowest BCUT2D eigenvalue weighted by Crippen LogP contribution is -2.44. The Morgan fingerprint density at radius 1 is 1.13 bits per heavy atom. The van der Waals surface area contributed by atoms with Crippen molar-refractivity contribution in [1.82, 2.24) is 10.2 Å². The highest BCUT2D eigenvalue weighted by Crippen LogP contribution is 2.25. The van der Waals surface area contributed by atoms with Crippen molar-refractivity contribution in [2.75, 3.05) is 24.6 Å². The van der Waals surface area contributed by atoms with Crippen molar-refractivity contribution in [1.29, 1.82) is 0 Å². The second kappa shape index (κ2) is 10.4. The van der Waals surface area contributed by atoms with Gasteiger partial charge in [-0.1, -0.05) is 29.3 Å². The Hall–Kier alpha value is -1.93. The molecule has 0 bridgehead atoms. The molecule has 0 aromatic heterocycles. The molecule has 30 heavy (non-hydrogen) atoms. The van der Waals surface area contributed by atoms with Gasteiger partial charge in [0.05, 0.1) is 21.4 Å². The Morgan fingerprint density at radius 3 is 2.53 bits per heavy atom. The average Bonchev–Trinajstić information content (AvgIpc) is 2.71. The van der Waals surface area contributed by atoms with Gasteiger partial charge in [-0.15, -0.1) is 11.8 Å². The zero-order valence-electron chi connectivity index (χ0n) is 16.2. The Bertz CT molecular complexity index is 934. The maximum absolute atomic E-state index is 12.3. The normalized spacial score (nSPS) is 15.1. The summed E-state index contributed by atoms with van der Waals surface area (Å²) in [7, 11) is 0. The third kappa shape index (κ3) is 6.28. The number of rotatable bonds is 7. The predicted molar refractivity (Wildman–Crippen MR) is 121 cm³/mol. The summed E-state index contributed by atoms with van der Waals surface area (Å²) in [5, 5.41) is 13.3. The Labute approximate surface area is 189 Å². The number of nitrogens with two attached hydrogens (primary N) is 1. The smallest absolute Gasteiger partial charge is 0.337 e. The molecule has 6 nitrogen and oxygen atoms in total. The number of halogens is 2. The topological polar surface area (TPSA) is 95.7 Å². The minimum Gasteiger partial charge on any atom is -0.478 e. The number of benzene rings is 2. The summed E-state index contributed by atoms with van der Waals surface area (Å²) in [6.45, 7) is 2.58. The number of carboxylic acids is 1. The molecule has 3 rings (SSSR count). The SMILES string of the molecule is Nc1ccc(SCC(=O)NC2CCN(Cc3ccc(Cl)c(Cl)c3)CC2)cc1C(=O)O. The van der Waals surface area contributed by atoms with Gasteiger partial charge in [-0.05, 0) is 48.7 Å². The van der Waals surface area contributed by atoms with E-state index >= 15 is 0 Å². The number of piperidine rings is 1. The van der Waals surface area contributed by atoms with E-state index in [0.717, 1.165) is 38.0 Å². The first kappa shape index (κ1) is 22.7. The van der Waals surface area contributed by atoms with Crippen LogP contribution in [0.15, 0.2) is 41.3 Å². The van der Waals surface area contributed by atoms with E-state index < -0.39 is 5.97 Å². The standard InChI is InChI=1S/C21H23Cl2N3O3S/c22-17-3-1-13(9-18(17)23)11-26-7-5-14(6-8-26)25-20(27)12-30-15-2-4-19(24)16(10-15)21(28)29/h1-4,9-10,14H,5-8,11-12,24H2,(H,25,27)(H,28,29). The maximum Gasteiger partial charge on any atom is 0.337 e. The molecule has 2 aromatic rings. The number of likely N-dealkylation sites (tertiary alicyclic amines) is 1. The van der Waals surface area contributed by atoms with E-state index in [9.17, 15) is 9.59 Å². The molecule has 0 spiro atoms. The van der Waals surface area contributed by atoms with Gasteiger partial charge < -0.3 is 16.2 Å². The molecule has 0 radical (unpaired) electrons. The zero-order chi connectivity index (χ0) is 21.7. The van der Waals surface area contributed by atoms with Gasteiger partial charge in [-0.25, -0.2) is 4.79 Å². The van der Waals surface area contributed by atoms with Gasteiger partial charge in [-0.3, -0.25) is 9.69 Å². The number of nitrogens with one attached hydrogen (secondary N) is 1. The lowest BCUT2D eigenvalue weighted by atomic mass is 10.0. The predicted octanol–water partition coefficient (Wildman–Crippen LogP) is 4.15. The minimum atomic E-state index is -1.08. The highest BCUT2D eigenvalue weighted by molar-refractivity contribution is 8.00. The monoisotopic (exact) mass is 467 g/mol. The van der Waals surface area contributed by atoms with Crippen molar-refractivity contribution in [2.24, 2.45) is 0 Å². The number of anilines is 1. The molecule has 0 saturated carbocycles. The van der Waals surface area contributed by atoms with Crippen molar-refractivity contribution in [3.05, 3.63) is 57.6 Å². The zero-order valence-corrected chi connectivity index (χ0v) is 18.6. The van der Waals surface area contributed by atoms with Crippen molar-refractivity contribution in [3.8, 4) is 0 Å². The van der Waals surface area contributed by atoms with Gasteiger partial charge in [0, 0.05) is 36.3 Å². The fourth-order valence-corrected chi connectivity index (χ4v) is 4.43. The summed E-state index contributed by atoms with van der Waals surface area (Å²) in [4.78, 5) is 26.5. The van der Waals surface area contributed by atoms with Crippen molar-refractivity contribution < 1.29 is 14.7 Å². The van der Waals surface area contributed by atoms with Crippen molar-refractivity contribution >= 4 is 52.5 Å². The molecule has 1 amide bonds. The lowest BCUT2D eigenvalue weighted by Gasteiger charge is -2.32. The van der Waals surface area contributed by atoms with Gasteiger partial charge in [0.25, 0.3) is 0 Å². The average molecular weight is 468 g/mol. The van der Waals surface area contributed by atoms with Crippen molar-refractivity contribution in [3.63, 3.8) is 0 Å². The highest BCUT2D eigenvalue weighted by atomic mass is 35.5. The summed E-state index contributed by atoms with van der Waals surface area (Å²) in [5.41, 5.74) is 7.04. The van der Waals surface area contributed by atoms with Crippen LogP contribution < -0.4 is 11.1 Å². The van der Waals surface area contributed by atoms with Crippen molar-refractivity contribution in [2.45, 2.75) is 30.3 Å². The Balaban J connectivity index is 1.42. The fourth-order valence-electron chi connectivity index (χ4n) is 3.36. The molecule has 0 unspecified atom stereocenters. The van der Waals surface area contributed by atoms with E-state index in [1.165, 1.54) is 17.8 Å². The van der Waals surface area contributed by atoms with Crippen LogP contribution in [0.5, 0.6) is 0 Å². The lowest BCUT2D eigenvalue weighted by molar-refractivity contribution is -0.119. The number of carboxylic acid groups (broad SMARTS) is 1. The first-order chi connectivity index (χ1) is 14.3. The first-order valence-corrected chi connectivity index (χ1v) is 11.3. The Kier molecular flexibility index (Phi) is 7.88. The molecule has 0 aliphatic carbocycles. The van der Waals surface area contributed by atoms with E-state index in [4.69, 9.17) is 34.0 Å². The van der Waals surface area contributed by atoms with E-state index in [0.29, 0.717) is 14.9 Å². The second-order valence-electron chi connectivity index (χ2n) is 7.21. The number of nitrogen functional groups attached to an aromatic ring is 1. The molecule has 1 aliphatic heterocycles. The number of carbonyl (C=O) groups is 2. The minimum absolute atomic E-state index is 0.0507. The molecule has 1 saturated heterocycles. The number of hydrogen-bond donors (Lipinski definition) is 3. The van der Waals surface area contributed by atoms with Crippen LogP contribution in [0.1, 0.15) is 28.8 Å². The van der Waals surface area contributed by atoms with Crippen LogP contribution in [0.25, 0.3) is 0 Å². The molecular formula is C21H23Cl2N3O3S. The maximum atomic E-state index is 12.3. The molecule has 4 N–H and O–H groups in total. The number of hydrogen-bond acceptors (Lipinski definition) is 5.